The summed E-state index contributed by atoms with van der Waals surface area (Å²) in [4.78, 5) is 13.8. The van der Waals surface area contributed by atoms with Crippen LogP contribution >= 0.6 is 0 Å². The Labute approximate surface area is 230 Å². The van der Waals surface area contributed by atoms with Crippen LogP contribution in [0.4, 0.5) is 0 Å². The highest BCUT2D eigenvalue weighted by molar-refractivity contribution is 6.00. The minimum atomic E-state index is -0.844. The predicted molar refractivity (Wildman–Crippen MR) is 150 cm³/mol. The summed E-state index contributed by atoms with van der Waals surface area (Å²) in [6.45, 7) is 3.01. The largest absolute Gasteiger partial charge is 0.368 e. The van der Waals surface area contributed by atoms with Crippen molar-refractivity contribution in [2.24, 2.45) is 0 Å². The fourth-order valence-electron chi connectivity index (χ4n) is 4.89. The highest BCUT2D eigenvalue weighted by atomic mass is 16.6. The van der Waals surface area contributed by atoms with Gasteiger partial charge in [-0.2, -0.15) is 0 Å². The van der Waals surface area contributed by atoms with Crippen LogP contribution in [0.5, 0.6) is 0 Å². The lowest BCUT2D eigenvalue weighted by molar-refractivity contribution is -0.250. The van der Waals surface area contributed by atoms with E-state index in [1.807, 2.05) is 128 Å². The number of carbonyl (C=O) groups excluding carboxylic acids is 1. The third-order valence-electron chi connectivity index (χ3n) is 6.94. The molecular weight excluding hydrogens is 488 g/mol. The first-order valence-electron chi connectivity index (χ1n) is 13.4. The smallest absolute Gasteiger partial charge is 0.194 e. The molecule has 39 heavy (non-hydrogen) atoms. The molecule has 1 aliphatic heterocycles. The molecule has 1 fully saturated rings. The van der Waals surface area contributed by atoms with E-state index in [-0.39, 0.29) is 5.78 Å². The van der Waals surface area contributed by atoms with Crippen molar-refractivity contribution < 1.29 is 23.7 Å². The molecule has 1 aliphatic rings. The number of hydrogen-bond donors (Lipinski definition) is 0. The van der Waals surface area contributed by atoms with Crippen LogP contribution in [-0.2, 0) is 38.8 Å². The molecule has 4 aromatic rings. The molecular formula is C34H34O5. The summed E-state index contributed by atoms with van der Waals surface area (Å²) in [5, 5.41) is 0. The summed E-state index contributed by atoms with van der Waals surface area (Å²) in [6, 6.07) is 39.1. The number of carbonyl (C=O) groups is 1. The minimum absolute atomic E-state index is 0.129. The summed E-state index contributed by atoms with van der Waals surface area (Å²) in [5.41, 5.74) is 3.67. The van der Waals surface area contributed by atoms with Gasteiger partial charge in [0.25, 0.3) is 0 Å². The second kappa shape index (κ2) is 13.5. The van der Waals surface area contributed by atoms with Gasteiger partial charge in [0, 0.05) is 5.56 Å². The molecule has 0 radical (unpaired) electrons. The molecule has 0 N–H and O–H groups in total. The number of ketones is 1. The zero-order valence-electron chi connectivity index (χ0n) is 22.1. The summed E-state index contributed by atoms with van der Waals surface area (Å²) in [7, 11) is 0. The first kappa shape index (κ1) is 27.0. The highest BCUT2D eigenvalue weighted by Gasteiger charge is 2.49. The van der Waals surface area contributed by atoms with Gasteiger partial charge in [0.15, 0.2) is 5.78 Å². The van der Waals surface area contributed by atoms with Gasteiger partial charge >= 0.3 is 0 Å². The molecule has 1 heterocycles. The first-order valence-corrected chi connectivity index (χ1v) is 13.4. The Morgan fingerprint density at radius 3 is 1.41 bits per heavy atom. The second-order valence-corrected chi connectivity index (χ2v) is 9.78. The molecule has 5 atom stereocenters. The second-order valence-electron chi connectivity index (χ2n) is 9.78. The van der Waals surface area contributed by atoms with Crippen LogP contribution in [0.2, 0.25) is 0 Å². The van der Waals surface area contributed by atoms with E-state index in [0.717, 1.165) is 16.7 Å². The molecule has 5 rings (SSSR count). The molecule has 0 bridgehead atoms. The van der Waals surface area contributed by atoms with E-state index in [4.69, 9.17) is 18.9 Å². The van der Waals surface area contributed by atoms with Gasteiger partial charge in [-0.25, -0.2) is 0 Å². The third kappa shape index (κ3) is 7.08. The van der Waals surface area contributed by atoms with Crippen molar-refractivity contribution in [3.63, 3.8) is 0 Å². The maximum atomic E-state index is 13.8. The van der Waals surface area contributed by atoms with Crippen LogP contribution in [0.25, 0.3) is 0 Å². The Hall–Kier alpha value is -3.61. The van der Waals surface area contributed by atoms with Gasteiger partial charge in [0.2, 0.25) is 0 Å². The molecule has 5 heteroatoms. The molecule has 5 nitrogen and oxygen atoms in total. The van der Waals surface area contributed by atoms with Gasteiger partial charge in [-0.05, 0) is 23.6 Å². The summed E-state index contributed by atoms with van der Waals surface area (Å²) >= 11 is 0. The van der Waals surface area contributed by atoms with Crippen LogP contribution in [0, 0.1) is 0 Å². The quantitative estimate of drug-likeness (QED) is 0.213. The normalized spacial score (nSPS) is 22.8. The predicted octanol–water partition coefficient (Wildman–Crippen LogP) is 6.41. The van der Waals surface area contributed by atoms with Crippen molar-refractivity contribution >= 4 is 5.78 Å². The Morgan fingerprint density at radius 1 is 0.564 bits per heavy atom. The van der Waals surface area contributed by atoms with Gasteiger partial charge in [-0.1, -0.05) is 121 Å². The van der Waals surface area contributed by atoms with Crippen LogP contribution in [0.15, 0.2) is 121 Å². The van der Waals surface area contributed by atoms with E-state index in [1.54, 1.807) is 0 Å². The average Bonchev–Trinajstić information content (AvgIpc) is 3.00. The van der Waals surface area contributed by atoms with E-state index in [2.05, 4.69) is 0 Å². The van der Waals surface area contributed by atoms with Gasteiger partial charge in [0.1, 0.15) is 24.4 Å². The van der Waals surface area contributed by atoms with Crippen LogP contribution < -0.4 is 0 Å². The van der Waals surface area contributed by atoms with E-state index < -0.39 is 30.5 Å². The molecule has 1 saturated heterocycles. The van der Waals surface area contributed by atoms with Gasteiger partial charge < -0.3 is 18.9 Å². The first-order chi connectivity index (χ1) is 19.2. The zero-order valence-corrected chi connectivity index (χ0v) is 22.1. The van der Waals surface area contributed by atoms with E-state index in [0.29, 0.717) is 25.4 Å². The lowest BCUT2D eigenvalue weighted by Gasteiger charge is -2.45. The van der Waals surface area contributed by atoms with Crippen molar-refractivity contribution in [2.75, 3.05) is 0 Å². The number of hydrogen-bond acceptors (Lipinski definition) is 5. The zero-order chi connectivity index (χ0) is 26.9. The van der Waals surface area contributed by atoms with Crippen LogP contribution in [0.1, 0.15) is 34.0 Å². The molecule has 0 saturated carbocycles. The van der Waals surface area contributed by atoms with Crippen LogP contribution in [-0.4, -0.2) is 36.3 Å². The van der Waals surface area contributed by atoms with Crippen molar-refractivity contribution in [3.8, 4) is 0 Å². The molecule has 0 amide bonds. The van der Waals surface area contributed by atoms with E-state index in [1.165, 1.54) is 0 Å². The van der Waals surface area contributed by atoms with Gasteiger partial charge in [-0.15, -0.1) is 0 Å². The summed E-state index contributed by atoms with van der Waals surface area (Å²) in [5.74, 6) is -0.129. The molecule has 0 aliphatic carbocycles. The van der Waals surface area contributed by atoms with Crippen LogP contribution in [0.3, 0.4) is 0 Å². The van der Waals surface area contributed by atoms with Gasteiger partial charge in [-0.3, -0.25) is 4.79 Å². The Morgan fingerprint density at radius 2 is 0.949 bits per heavy atom. The maximum Gasteiger partial charge on any atom is 0.194 e. The summed E-state index contributed by atoms with van der Waals surface area (Å²) < 4.78 is 25.9. The maximum absolute atomic E-state index is 13.8. The average molecular weight is 523 g/mol. The monoisotopic (exact) mass is 522 g/mol. The van der Waals surface area contributed by atoms with Crippen molar-refractivity contribution in [1.29, 1.82) is 0 Å². The molecule has 0 aromatic heterocycles. The molecule has 0 unspecified atom stereocenters. The molecule has 200 valence electrons. The van der Waals surface area contributed by atoms with Crippen molar-refractivity contribution in [1.82, 2.24) is 0 Å². The fraction of sp³-hybridized carbons (Fsp3) is 0.265. The highest BCUT2D eigenvalue weighted by Crippen LogP contribution is 2.32. The van der Waals surface area contributed by atoms with E-state index >= 15 is 0 Å². The Bertz CT molecular complexity index is 1280. The third-order valence-corrected chi connectivity index (χ3v) is 6.94. The van der Waals surface area contributed by atoms with Gasteiger partial charge in [0.05, 0.1) is 25.9 Å². The number of benzene rings is 4. The molecule has 4 aromatic carbocycles. The van der Waals surface area contributed by atoms with Crippen molar-refractivity contribution in [2.45, 2.75) is 57.3 Å². The topological polar surface area (TPSA) is 54.0 Å². The molecule has 0 spiro atoms. The summed E-state index contributed by atoms with van der Waals surface area (Å²) in [6.07, 6.45) is -2.92. The Balaban J connectivity index is 1.45. The number of Topliss-reactive ketones (excluding diaryl/α,β-unsaturated/α-hetero) is 1. The number of ether oxygens (including phenoxy) is 4. The fourth-order valence-corrected chi connectivity index (χ4v) is 4.89. The Kier molecular flexibility index (Phi) is 9.30. The minimum Gasteiger partial charge on any atom is -0.368 e. The SMILES string of the molecule is C[C@@H]1O[C@H](C(=O)c2ccccc2)[C@@H](OCc2ccccc2)[C@H](OCc2ccccc2)[C@@H]1OCc1ccccc1. The number of rotatable bonds is 11. The standard InChI is InChI=1S/C34H34O5/c1-25-31(36-22-26-14-6-2-7-15-26)33(37-23-27-16-8-3-9-17-27)34(38-24-28-18-10-4-11-19-28)32(39-25)30(35)29-20-12-5-13-21-29/h2-21,25,31-34H,22-24H2,1H3/t25-,31+,32+,33+,34+/m0/s1. The lowest BCUT2D eigenvalue weighted by Crippen LogP contribution is -2.61. The van der Waals surface area contributed by atoms with E-state index in [9.17, 15) is 4.79 Å². The van der Waals surface area contributed by atoms with Crippen molar-refractivity contribution in [3.05, 3.63) is 144 Å². The lowest BCUT2D eigenvalue weighted by atomic mass is 9.90.